The molecule has 1 aromatic rings. The Balaban J connectivity index is 0.00000210. The summed E-state index contributed by atoms with van der Waals surface area (Å²) in [5.41, 5.74) is 0.603. The highest BCUT2D eigenvalue weighted by Gasteiger charge is 2.39. The summed E-state index contributed by atoms with van der Waals surface area (Å²) in [5, 5.41) is 9.04. The van der Waals surface area contributed by atoms with Gasteiger partial charge < -0.3 is 25.4 Å². The largest absolute Gasteiger partial charge is 0.379 e. The van der Waals surface area contributed by atoms with Gasteiger partial charge in [-0.15, -0.1) is 24.8 Å². The van der Waals surface area contributed by atoms with Crippen molar-refractivity contribution in [2.45, 2.75) is 18.4 Å². The van der Waals surface area contributed by atoms with Gasteiger partial charge in [-0.25, -0.2) is 0 Å². The summed E-state index contributed by atoms with van der Waals surface area (Å²) < 4.78 is 10.8. The zero-order valence-electron chi connectivity index (χ0n) is 16.6. The Morgan fingerprint density at radius 1 is 1.07 bits per heavy atom. The van der Waals surface area contributed by atoms with Crippen molar-refractivity contribution in [1.29, 1.82) is 0 Å². The van der Waals surface area contributed by atoms with E-state index < -0.39 is 5.60 Å². The Bertz CT molecular complexity index is 648. The lowest BCUT2D eigenvalue weighted by atomic mass is 9.91. The molecule has 1 aromatic carbocycles. The van der Waals surface area contributed by atoms with Gasteiger partial charge in [-0.05, 0) is 50.2 Å². The number of piperidine rings is 1. The number of nitrogens with one attached hydrogen (secondary N) is 3. The van der Waals surface area contributed by atoms with Crippen molar-refractivity contribution < 1.29 is 19.1 Å². The van der Waals surface area contributed by atoms with Gasteiger partial charge in [0.2, 0.25) is 5.91 Å². The highest BCUT2D eigenvalue weighted by atomic mass is 35.5. The van der Waals surface area contributed by atoms with Crippen molar-refractivity contribution in [3.05, 3.63) is 24.3 Å². The Morgan fingerprint density at radius 3 is 2.17 bits per heavy atom. The van der Waals surface area contributed by atoms with E-state index in [0.29, 0.717) is 44.0 Å². The summed E-state index contributed by atoms with van der Waals surface area (Å²) in [5.74, 6) is -0.183. The number of carbonyl (C=O) groups excluding carboxylic acids is 2. The number of hydrogen-bond donors (Lipinski definition) is 3. The van der Waals surface area contributed by atoms with Crippen LogP contribution in [-0.2, 0) is 19.1 Å². The number of morpholine rings is 1. The van der Waals surface area contributed by atoms with Gasteiger partial charge in [0.05, 0.1) is 19.8 Å². The predicted molar refractivity (Wildman–Crippen MR) is 117 cm³/mol. The van der Waals surface area contributed by atoms with E-state index in [9.17, 15) is 9.59 Å². The molecular weight excluding hydrogens is 419 g/mol. The van der Waals surface area contributed by atoms with Gasteiger partial charge in [0, 0.05) is 31.6 Å². The number of ether oxygens (including phenoxy) is 2. The van der Waals surface area contributed by atoms with Crippen LogP contribution in [0.3, 0.4) is 0 Å². The topological polar surface area (TPSA) is 91.9 Å². The molecule has 2 amide bonds. The van der Waals surface area contributed by atoms with Crippen molar-refractivity contribution in [1.82, 2.24) is 10.2 Å². The minimum absolute atomic E-state index is 0. The summed E-state index contributed by atoms with van der Waals surface area (Å²) in [7, 11) is 1.58. The van der Waals surface area contributed by atoms with Crippen LogP contribution in [0.5, 0.6) is 0 Å². The number of rotatable bonds is 6. The molecule has 2 aliphatic rings. The molecule has 164 valence electrons. The summed E-state index contributed by atoms with van der Waals surface area (Å²) in [6.45, 7) is 4.75. The minimum Gasteiger partial charge on any atom is -0.379 e. The highest BCUT2D eigenvalue weighted by Crippen LogP contribution is 2.25. The quantitative estimate of drug-likeness (QED) is 0.610. The maximum Gasteiger partial charge on any atom is 0.256 e. The molecule has 0 radical (unpaired) electrons. The smallest absolute Gasteiger partial charge is 0.256 e. The molecule has 0 aromatic heterocycles. The van der Waals surface area contributed by atoms with Gasteiger partial charge in [-0.3, -0.25) is 14.5 Å². The van der Waals surface area contributed by atoms with Gasteiger partial charge in [0.15, 0.2) is 0 Å². The first-order valence-electron chi connectivity index (χ1n) is 9.39. The third kappa shape index (κ3) is 7.09. The van der Waals surface area contributed by atoms with Crippen molar-refractivity contribution >= 4 is 48.0 Å². The molecule has 2 heterocycles. The van der Waals surface area contributed by atoms with Crippen LogP contribution < -0.4 is 16.0 Å². The molecule has 8 nitrogen and oxygen atoms in total. The number of hydrogen-bond acceptors (Lipinski definition) is 6. The van der Waals surface area contributed by atoms with E-state index in [1.807, 2.05) is 0 Å². The molecule has 3 rings (SSSR count). The van der Waals surface area contributed by atoms with Crippen LogP contribution in [0.1, 0.15) is 12.8 Å². The number of methoxy groups -OCH3 is 1. The first-order valence-corrected chi connectivity index (χ1v) is 9.39. The van der Waals surface area contributed by atoms with Crippen LogP contribution >= 0.6 is 24.8 Å². The van der Waals surface area contributed by atoms with Crippen molar-refractivity contribution in [3.63, 3.8) is 0 Å². The van der Waals surface area contributed by atoms with E-state index >= 15 is 0 Å². The fourth-order valence-electron chi connectivity index (χ4n) is 3.40. The van der Waals surface area contributed by atoms with Crippen LogP contribution in [0.2, 0.25) is 0 Å². The standard InChI is InChI=1S/C19H28N4O4.2ClH/c1-26-19(6-8-20-9-7-19)18(25)22-16-4-2-15(3-5-16)21-17(24)14-23-10-12-27-13-11-23;;/h2-5,20H,6-14H2,1H3,(H,21,24)(H,22,25);2*1H. The molecule has 0 atom stereocenters. The third-order valence-corrected chi connectivity index (χ3v) is 5.11. The third-order valence-electron chi connectivity index (χ3n) is 5.11. The van der Waals surface area contributed by atoms with Crippen LogP contribution in [0.25, 0.3) is 0 Å². The molecule has 2 aliphatic heterocycles. The first-order chi connectivity index (χ1) is 13.1. The number of amides is 2. The maximum atomic E-state index is 12.7. The molecule has 29 heavy (non-hydrogen) atoms. The lowest BCUT2D eigenvalue weighted by Gasteiger charge is -2.34. The van der Waals surface area contributed by atoms with Gasteiger partial charge in [0.1, 0.15) is 5.60 Å². The number of anilines is 2. The Hall–Kier alpha value is -1.42. The normalized spacial score (nSPS) is 18.7. The molecule has 0 bridgehead atoms. The molecule has 10 heteroatoms. The molecule has 0 aliphatic carbocycles. The number of benzene rings is 1. The average molecular weight is 449 g/mol. The molecule has 0 spiro atoms. The van der Waals surface area contributed by atoms with E-state index in [0.717, 1.165) is 26.2 Å². The van der Waals surface area contributed by atoms with Crippen molar-refractivity contribution in [2.24, 2.45) is 0 Å². The Kier molecular flexibility index (Phi) is 10.9. The Morgan fingerprint density at radius 2 is 1.62 bits per heavy atom. The van der Waals surface area contributed by atoms with Gasteiger partial charge in [-0.2, -0.15) is 0 Å². The van der Waals surface area contributed by atoms with E-state index in [-0.39, 0.29) is 36.6 Å². The summed E-state index contributed by atoms with van der Waals surface area (Å²) in [4.78, 5) is 26.9. The Labute approximate surface area is 183 Å². The molecular formula is C19H30Cl2N4O4. The van der Waals surface area contributed by atoms with E-state index in [1.165, 1.54) is 0 Å². The molecule has 0 unspecified atom stereocenters. The summed E-state index contributed by atoms with van der Waals surface area (Å²) in [6, 6.07) is 7.14. The maximum absolute atomic E-state index is 12.7. The van der Waals surface area contributed by atoms with Gasteiger partial charge >= 0.3 is 0 Å². The van der Waals surface area contributed by atoms with Gasteiger partial charge in [0.25, 0.3) is 5.91 Å². The van der Waals surface area contributed by atoms with Crippen LogP contribution in [0, 0.1) is 0 Å². The average Bonchev–Trinajstić information content (AvgIpc) is 2.70. The SMILES string of the molecule is COC1(C(=O)Nc2ccc(NC(=O)CN3CCOCC3)cc2)CCNCC1.Cl.Cl. The number of carbonyl (C=O) groups is 2. The van der Waals surface area contributed by atoms with Crippen LogP contribution in [-0.4, -0.2) is 75.4 Å². The number of halogens is 2. The van der Waals surface area contributed by atoms with E-state index in [2.05, 4.69) is 20.9 Å². The number of nitrogens with zero attached hydrogens (tertiary/aromatic N) is 1. The molecule has 0 saturated carbocycles. The van der Waals surface area contributed by atoms with E-state index in [1.54, 1.807) is 31.4 Å². The zero-order valence-corrected chi connectivity index (χ0v) is 18.2. The molecule has 2 fully saturated rings. The summed E-state index contributed by atoms with van der Waals surface area (Å²) in [6.07, 6.45) is 1.29. The van der Waals surface area contributed by atoms with Crippen molar-refractivity contribution in [2.75, 3.05) is 63.7 Å². The van der Waals surface area contributed by atoms with Crippen LogP contribution in [0.4, 0.5) is 11.4 Å². The predicted octanol–water partition coefficient (Wildman–Crippen LogP) is 1.51. The second-order valence-corrected chi connectivity index (χ2v) is 6.92. The van der Waals surface area contributed by atoms with Crippen LogP contribution in [0.15, 0.2) is 24.3 Å². The lowest BCUT2D eigenvalue weighted by molar-refractivity contribution is -0.140. The summed E-state index contributed by atoms with van der Waals surface area (Å²) >= 11 is 0. The second kappa shape index (κ2) is 12.3. The lowest BCUT2D eigenvalue weighted by Crippen LogP contribution is -2.51. The fraction of sp³-hybridized carbons (Fsp3) is 0.579. The molecule has 3 N–H and O–H groups in total. The fourth-order valence-corrected chi connectivity index (χ4v) is 3.40. The molecule has 2 saturated heterocycles. The van der Waals surface area contributed by atoms with Gasteiger partial charge in [-0.1, -0.05) is 0 Å². The second-order valence-electron chi connectivity index (χ2n) is 6.92. The van der Waals surface area contributed by atoms with Crippen molar-refractivity contribution in [3.8, 4) is 0 Å². The minimum atomic E-state index is -0.781. The zero-order chi connectivity index (χ0) is 19.1. The van der Waals surface area contributed by atoms with E-state index in [4.69, 9.17) is 9.47 Å². The first kappa shape index (κ1) is 25.6. The monoisotopic (exact) mass is 448 g/mol. The highest BCUT2D eigenvalue weighted by molar-refractivity contribution is 5.98.